The van der Waals surface area contributed by atoms with Gasteiger partial charge in [-0.25, -0.2) is 0 Å². The topological polar surface area (TPSA) is 158 Å². The molecule has 4 rings (SSSR count). The van der Waals surface area contributed by atoms with Gasteiger partial charge in [-0.1, -0.05) is 0 Å². The van der Waals surface area contributed by atoms with Gasteiger partial charge in [0.05, 0.1) is 38.1 Å². The minimum atomic E-state index is -0.325. The molecule has 0 fully saturated rings. The Kier molecular flexibility index (Phi) is 10.8. The predicted octanol–water partition coefficient (Wildman–Crippen LogP) is 1.91. The molecule has 2 atom stereocenters. The van der Waals surface area contributed by atoms with Crippen molar-refractivity contribution in [2.75, 3.05) is 40.4 Å². The van der Waals surface area contributed by atoms with Crippen molar-refractivity contribution in [1.29, 1.82) is 0 Å². The number of nitrogens with one attached hydrogen (secondary N) is 2. The van der Waals surface area contributed by atoms with Gasteiger partial charge < -0.3 is 34.1 Å². The zero-order chi connectivity index (χ0) is 31.0. The largest absolute Gasteiger partial charge is 0.466 e. The van der Waals surface area contributed by atoms with Gasteiger partial charge in [0.1, 0.15) is 11.4 Å². The Labute approximate surface area is 243 Å². The molecule has 2 aliphatic rings. The van der Waals surface area contributed by atoms with Gasteiger partial charge in [0.2, 0.25) is 0 Å². The fraction of sp³-hybridized carbons (Fsp3) is 0.448. The zero-order valence-corrected chi connectivity index (χ0v) is 24.5. The van der Waals surface area contributed by atoms with E-state index in [-0.39, 0.29) is 60.2 Å². The number of rotatable bonds is 10. The normalized spacial score (nSPS) is 17.2. The second-order valence-electron chi connectivity index (χ2n) is 9.99. The highest BCUT2D eigenvalue weighted by atomic mass is 16.5. The maximum absolute atomic E-state index is 12.2. The monoisotopic (exact) mass is 583 g/mol. The van der Waals surface area contributed by atoms with E-state index in [0.717, 1.165) is 0 Å². The molecule has 13 nitrogen and oxygen atoms in total. The lowest BCUT2D eigenvalue weighted by Crippen LogP contribution is -2.39. The van der Waals surface area contributed by atoms with Crippen molar-refractivity contribution in [3.63, 3.8) is 0 Å². The first-order chi connectivity index (χ1) is 19.9. The van der Waals surface area contributed by atoms with Crippen molar-refractivity contribution < 1.29 is 38.2 Å². The van der Waals surface area contributed by atoms with Crippen LogP contribution in [-0.2, 0) is 19.1 Å². The number of hydrogen-bond donors (Lipinski definition) is 2. The van der Waals surface area contributed by atoms with Crippen LogP contribution in [0.1, 0.15) is 87.4 Å². The van der Waals surface area contributed by atoms with Gasteiger partial charge in [-0.2, -0.15) is 0 Å². The Morgan fingerprint density at radius 2 is 1.31 bits per heavy atom. The first kappa shape index (κ1) is 31.8. The molecule has 13 heteroatoms. The predicted molar refractivity (Wildman–Crippen MR) is 151 cm³/mol. The van der Waals surface area contributed by atoms with E-state index in [9.17, 15) is 28.8 Å². The number of ether oxygens (including phenoxy) is 2. The number of esters is 2. The summed E-state index contributed by atoms with van der Waals surface area (Å²) in [5.41, 5.74) is 1.68. The van der Waals surface area contributed by atoms with Crippen molar-refractivity contribution in [3.8, 4) is 0 Å². The van der Waals surface area contributed by atoms with Crippen LogP contribution < -0.4 is 10.6 Å². The van der Waals surface area contributed by atoms with Crippen LogP contribution in [-0.4, -0.2) is 89.8 Å². The number of carbonyl (C=O) groups excluding carboxylic acids is 6. The first-order valence-corrected chi connectivity index (χ1v) is 13.7. The first-order valence-electron chi connectivity index (χ1n) is 13.7. The van der Waals surface area contributed by atoms with Crippen LogP contribution in [0.25, 0.3) is 0 Å². The average molecular weight is 584 g/mol. The molecule has 226 valence electrons. The van der Waals surface area contributed by atoms with Gasteiger partial charge in [-0.05, 0) is 32.9 Å². The average Bonchev–Trinajstić information content (AvgIpc) is 3.59. The smallest absolute Gasteiger partial charge is 0.307 e. The van der Waals surface area contributed by atoms with Gasteiger partial charge in [0.15, 0.2) is 11.6 Å². The summed E-state index contributed by atoms with van der Waals surface area (Å²) in [5, 5.41) is 5.44. The van der Waals surface area contributed by atoms with E-state index in [1.54, 1.807) is 58.6 Å². The number of carbonyl (C=O) groups is 6. The van der Waals surface area contributed by atoms with E-state index in [2.05, 4.69) is 10.6 Å². The number of ketones is 2. The molecule has 2 aromatic rings. The Balaban J connectivity index is 0.000000235. The summed E-state index contributed by atoms with van der Waals surface area (Å²) in [7, 11) is 3.63. The summed E-state index contributed by atoms with van der Waals surface area (Å²) < 4.78 is 13.2. The molecule has 0 aliphatic carbocycles. The Bertz CT molecular complexity index is 1390. The van der Waals surface area contributed by atoms with Crippen molar-refractivity contribution >= 4 is 35.3 Å². The van der Waals surface area contributed by atoms with Crippen molar-refractivity contribution in [3.05, 3.63) is 59.3 Å². The third-order valence-corrected chi connectivity index (χ3v) is 6.58. The Hall–Kier alpha value is -4.68. The highest BCUT2D eigenvalue weighted by Crippen LogP contribution is 2.24. The fourth-order valence-electron chi connectivity index (χ4n) is 4.53. The van der Waals surface area contributed by atoms with E-state index in [1.807, 2.05) is 14.1 Å². The maximum atomic E-state index is 12.2. The Morgan fingerprint density at radius 1 is 0.857 bits per heavy atom. The molecule has 2 aliphatic heterocycles. The summed E-state index contributed by atoms with van der Waals surface area (Å²) in [4.78, 5) is 72.2. The molecule has 2 N–H and O–H groups in total. The number of aromatic nitrogens is 2. The van der Waals surface area contributed by atoms with E-state index in [4.69, 9.17) is 9.47 Å². The molecule has 0 saturated carbocycles. The van der Waals surface area contributed by atoms with Crippen LogP contribution in [0.3, 0.4) is 0 Å². The molecular weight excluding hydrogens is 546 g/mol. The van der Waals surface area contributed by atoms with E-state index >= 15 is 0 Å². The molecule has 2 unspecified atom stereocenters. The van der Waals surface area contributed by atoms with Crippen LogP contribution in [0.15, 0.2) is 36.8 Å². The van der Waals surface area contributed by atoms with Crippen molar-refractivity contribution in [2.24, 2.45) is 0 Å². The van der Waals surface area contributed by atoms with Crippen molar-refractivity contribution in [1.82, 2.24) is 24.7 Å². The molecular formula is C29H37N5O8. The van der Waals surface area contributed by atoms with Gasteiger partial charge in [-0.3, -0.25) is 28.8 Å². The number of hydrogen-bond acceptors (Lipinski definition) is 9. The summed E-state index contributed by atoms with van der Waals surface area (Å²) >= 11 is 0. The van der Waals surface area contributed by atoms with Gasteiger partial charge in [0.25, 0.3) is 11.8 Å². The number of nitrogens with zero attached hydrogens (tertiary/aromatic N) is 3. The summed E-state index contributed by atoms with van der Waals surface area (Å²) in [5.74, 6) is -1.41. The van der Waals surface area contributed by atoms with Crippen LogP contribution in [0.4, 0.5) is 0 Å². The minimum absolute atomic E-state index is 0.107. The molecule has 2 amide bonds. The van der Waals surface area contributed by atoms with Crippen LogP contribution in [0.5, 0.6) is 0 Å². The molecule has 0 saturated heterocycles. The van der Waals surface area contributed by atoms with Gasteiger partial charge >= 0.3 is 11.9 Å². The molecule has 42 heavy (non-hydrogen) atoms. The highest BCUT2D eigenvalue weighted by Gasteiger charge is 2.29. The lowest BCUT2D eigenvalue weighted by Gasteiger charge is -2.25. The highest BCUT2D eigenvalue weighted by molar-refractivity contribution is 6.06. The number of allylic oxidation sites excluding steroid dienone is 1. The van der Waals surface area contributed by atoms with Crippen LogP contribution >= 0.6 is 0 Å². The molecule has 0 bridgehead atoms. The minimum Gasteiger partial charge on any atom is -0.466 e. The summed E-state index contributed by atoms with van der Waals surface area (Å²) in [6.07, 6.45) is 6.67. The lowest BCUT2D eigenvalue weighted by atomic mass is 10.1. The quantitative estimate of drug-likeness (QED) is 0.242. The van der Waals surface area contributed by atoms with Crippen LogP contribution in [0, 0.1) is 0 Å². The second-order valence-corrected chi connectivity index (χ2v) is 9.99. The maximum Gasteiger partial charge on any atom is 0.307 e. The van der Waals surface area contributed by atoms with Gasteiger partial charge in [0, 0.05) is 63.0 Å². The Morgan fingerprint density at radius 3 is 1.74 bits per heavy atom. The molecule has 0 aromatic carbocycles. The summed E-state index contributed by atoms with van der Waals surface area (Å²) in [6.45, 7) is 6.27. The van der Waals surface area contributed by atoms with Crippen molar-refractivity contribution in [2.45, 2.75) is 45.7 Å². The van der Waals surface area contributed by atoms with E-state index in [0.29, 0.717) is 48.8 Å². The summed E-state index contributed by atoms with van der Waals surface area (Å²) in [6, 6.07) is 2.64. The van der Waals surface area contributed by atoms with E-state index in [1.165, 1.54) is 13.0 Å². The van der Waals surface area contributed by atoms with E-state index < -0.39 is 0 Å². The third-order valence-electron chi connectivity index (χ3n) is 6.58. The fourth-order valence-corrected chi connectivity index (χ4v) is 4.53. The lowest BCUT2D eigenvalue weighted by molar-refractivity contribution is -0.145. The van der Waals surface area contributed by atoms with Gasteiger partial charge in [-0.15, -0.1) is 0 Å². The zero-order valence-electron chi connectivity index (χ0n) is 24.5. The SMILES string of the molecule is CCOC(=O)CC1CNC(=O)c2cc(C(=O)/C=C/N(C)C)cn21.CCOC(=O)CC1CNC(=O)c2cc(C(C)=O)cn21. The third kappa shape index (κ3) is 7.95. The van der Waals surface area contributed by atoms with Crippen LogP contribution in [0.2, 0.25) is 0 Å². The number of Topliss-reactive ketones (excluding diaryl/α,β-unsaturated/α-hetero) is 1. The molecule has 0 spiro atoms. The molecule has 4 heterocycles. The standard InChI is InChI=1S/C16H21N3O4.C13H16N2O4/c1-4-23-15(21)8-12-9-17-16(22)13-7-11(10-19(12)13)14(20)5-6-18(2)3;1-3-19-12(17)5-10-6-14-13(18)11-4-9(8(2)16)7-15(10)11/h5-7,10,12H,4,8-9H2,1-3H3,(H,17,22);4,7,10H,3,5-6H2,1-2H3,(H,14,18)/b6-5+;. The molecule has 0 radical (unpaired) electrons. The molecule has 2 aromatic heterocycles. The number of amides is 2. The number of fused-ring (bicyclic) bond motifs is 2. The second kappa shape index (κ2) is 14.3.